The SMILES string of the molecule is CC(Oc1ccccc1)C(=O)NCC#Cc1cccc(C(F)(F)F)c1. The Labute approximate surface area is 143 Å². The molecule has 0 aliphatic rings. The molecule has 3 nitrogen and oxygen atoms in total. The molecule has 0 saturated heterocycles. The summed E-state index contributed by atoms with van der Waals surface area (Å²) in [5.41, 5.74) is -0.522. The third-order valence-electron chi connectivity index (χ3n) is 3.20. The Balaban J connectivity index is 1.86. The van der Waals surface area contributed by atoms with E-state index in [4.69, 9.17) is 4.74 Å². The van der Waals surface area contributed by atoms with Crippen LogP contribution in [-0.2, 0) is 11.0 Å². The molecule has 0 radical (unpaired) electrons. The third kappa shape index (κ3) is 5.88. The Kier molecular flexibility index (Phi) is 6.07. The molecule has 0 heterocycles. The number of halogens is 3. The maximum absolute atomic E-state index is 12.6. The van der Waals surface area contributed by atoms with Crippen molar-refractivity contribution in [3.8, 4) is 17.6 Å². The second-order valence-corrected chi connectivity index (χ2v) is 5.17. The fraction of sp³-hybridized carbons (Fsp3) is 0.211. The normalized spacial score (nSPS) is 11.8. The van der Waals surface area contributed by atoms with Crippen LogP contribution in [0.25, 0.3) is 0 Å². The third-order valence-corrected chi connectivity index (χ3v) is 3.20. The smallest absolute Gasteiger partial charge is 0.416 e. The first-order valence-corrected chi connectivity index (χ1v) is 7.52. The molecule has 0 spiro atoms. The molecule has 2 rings (SSSR count). The Hall–Kier alpha value is -2.94. The van der Waals surface area contributed by atoms with Gasteiger partial charge >= 0.3 is 6.18 Å². The Morgan fingerprint density at radius 1 is 1.16 bits per heavy atom. The number of ether oxygens (including phenoxy) is 1. The van der Waals surface area contributed by atoms with Crippen molar-refractivity contribution in [3.63, 3.8) is 0 Å². The van der Waals surface area contributed by atoms with Gasteiger partial charge in [-0.25, -0.2) is 0 Å². The van der Waals surface area contributed by atoms with Crippen LogP contribution in [-0.4, -0.2) is 18.6 Å². The maximum Gasteiger partial charge on any atom is 0.416 e. The lowest BCUT2D eigenvalue weighted by molar-refractivity contribution is -0.137. The van der Waals surface area contributed by atoms with Crippen LogP contribution < -0.4 is 10.1 Å². The minimum atomic E-state index is -4.41. The quantitative estimate of drug-likeness (QED) is 0.858. The number of rotatable bonds is 4. The van der Waals surface area contributed by atoms with E-state index in [-0.39, 0.29) is 18.0 Å². The van der Waals surface area contributed by atoms with Crippen molar-refractivity contribution in [2.24, 2.45) is 0 Å². The van der Waals surface area contributed by atoms with E-state index in [2.05, 4.69) is 17.2 Å². The van der Waals surface area contributed by atoms with Gasteiger partial charge in [0.25, 0.3) is 5.91 Å². The Bertz CT molecular complexity index is 776. The zero-order valence-electron chi connectivity index (χ0n) is 13.4. The van der Waals surface area contributed by atoms with E-state index in [1.807, 2.05) is 6.07 Å². The molecule has 0 aliphatic carbocycles. The van der Waals surface area contributed by atoms with Gasteiger partial charge in [-0.05, 0) is 37.3 Å². The van der Waals surface area contributed by atoms with Crippen molar-refractivity contribution in [3.05, 3.63) is 65.7 Å². The predicted molar refractivity (Wildman–Crippen MR) is 87.9 cm³/mol. The molecule has 1 unspecified atom stereocenters. The summed E-state index contributed by atoms with van der Waals surface area (Å²) in [5, 5.41) is 2.56. The zero-order valence-corrected chi connectivity index (χ0v) is 13.4. The van der Waals surface area contributed by atoms with E-state index in [1.165, 1.54) is 12.1 Å². The molecule has 25 heavy (non-hydrogen) atoms. The average Bonchev–Trinajstić information content (AvgIpc) is 2.59. The fourth-order valence-electron chi connectivity index (χ4n) is 1.95. The number of nitrogens with one attached hydrogen (secondary N) is 1. The molecule has 1 N–H and O–H groups in total. The van der Waals surface area contributed by atoms with Crippen molar-refractivity contribution in [1.82, 2.24) is 5.32 Å². The van der Waals surface area contributed by atoms with E-state index in [0.717, 1.165) is 12.1 Å². The van der Waals surface area contributed by atoms with E-state index in [1.54, 1.807) is 31.2 Å². The average molecular weight is 347 g/mol. The van der Waals surface area contributed by atoms with E-state index in [0.29, 0.717) is 5.75 Å². The molecule has 0 bridgehead atoms. The number of carbonyl (C=O) groups excluding carboxylic acids is 1. The molecule has 0 fully saturated rings. The lowest BCUT2D eigenvalue weighted by atomic mass is 10.1. The molecule has 1 atom stereocenters. The number of carbonyl (C=O) groups is 1. The zero-order chi connectivity index (χ0) is 18.3. The standard InChI is InChI=1S/C19H16F3NO2/c1-14(25-17-10-3-2-4-11-17)18(24)23-12-6-8-15-7-5-9-16(13-15)19(20,21)22/h2-5,7,9-11,13-14H,12H2,1H3,(H,23,24). The van der Waals surface area contributed by atoms with Crippen LogP contribution in [0, 0.1) is 11.8 Å². The maximum atomic E-state index is 12.6. The molecule has 2 aromatic carbocycles. The van der Waals surface area contributed by atoms with Crippen molar-refractivity contribution < 1.29 is 22.7 Å². The molecule has 0 aliphatic heterocycles. The van der Waals surface area contributed by atoms with Gasteiger partial charge in [0.15, 0.2) is 6.10 Å². The predicted octanol–water partition coefficient (Wildman–Crippen LogP) is 3.64. The van der Waals surface area contributed by atoms with Crippen molar-refractivity contribution in [2.45, 2.75) is 19.2 Å². The van der Waals surface area contributed by atoms with Crippen LogP contribution >= 0.6 is 0 Å². The summed E-state index contributed by atoms with van der Waals surface area (Å²) in [4.78, 5) is 11.9. The van der Waals surface area contributed by atoms with Gasteiger partial charge in [-0.2, -0.15) is 13.2 Å². The second-order valence-electron chi connectivity index (χ2n) is 5.17. The fourth-order valence-corrected chi connectivity index (χ4v) is 1.95. The first-order valence-electron chi connectivity index (χ1n) is 7.52. The van der Waals surface area contributed by atoms with Gasteiger partial charge in [0, 0.05) is 5.56 Å². The molecule has 0 aromatic heterocycles. The number of hydrogen-bond donors (Lipinski definition) is 1. The first kappa shape index (κ1) is 18.4. The molecule has 6 heteroatoms. The number of benzene rings is 2. The minimum Gasteiger partial charge on any atom is -0.481 e. The van der Waals surface area contributed by atoms with Gasteiger partial charge in [0.05, 0.1) is 12.1 Å². The highest BCUT2D eigenvalue weighted by atomic mass is 19.4. The minimum absolute atomic E-state index is 0.0115. The largest absolute Gasteiger partial charge is 0.481 e. The number of para-hydroxylation sites is 1. The van der Waals surface area contributed by atoms with E-state index in [9.17, 15) is 18.0 Å². The van der Waals surface area contributed by atoms with E-state index >= 15 is 0 Å². The molecular formula is C19H16F3NO2. The number of amides is 1. The number of alkyl halides is 3. The van der Waals surface area contributed by atoms with Gasteiger partial charge in [-0.3, -0.25) is 4.79 Å². The summed E-state index contributed by atoms with van der Waals surface area (Å²) in [7, 11) is 0. The molecular weight excluding hydrogens is 331 g/mol. The Morgan fingerprint density at radius 2 is 1.88 bits per heavy atom. The summed E-state index contributed by atoms with van der Waals surface area (Å²) >= 11 is 0. The second kappa shape index (κ2) is 8.25. The van der Waals surface area contributed by atoms with Gasteiger partial charge in [-0.1, -0.05) is 36.1 Å². The van der Waals surface area contributed by atoms with Crippen LogP contribution in [0.4, 0.5) is 13.2 Å². The molecule has 2 aromatic rings. The first-order chi connectivity index (χ1) is 11.9. The van der Waals surface area contributed by atoms with Crippen molar-refractivity contribution in [1.29, 1.82) is 0 Å². The summed E-state index contributed by atoms with van der Waals surface area (Å²) in [5.74, 6) is 5.43. The summed E-state index contributed by atoms with van der Waals surface area (Å²) in [6.07, 6.45) is -5.12. The Morgan fingerprint density at radius 3 is 2.56 bits per heavy atom. The van der Waals surface area contributed by atoms with Gasteiger partial charge in [0.2, 0.25) is 0 Å². The monoisotopic (exact) mass is 347 g/mol. The van der Waals surface area contributed by atoms with Gasteiger partial charge in [0.1, 0.15) is 5.75 Å². The van der Waals surface area contributed by atoms with Gasteiger partial charge < -0.3 is 10.1 Å². The van der Waals surface area contributed by atoms with Crippen LogP contribution in [0.1, 0.15) is 18.1 Å². The highest BCUT2D eigenvalue weighted by Gasteiger charge is 2.30. The van der Waals surface area contributed by atoms with Crippen LogP contribution in [0.15, 0.2) is 54.6 Å². The highest BCUT2D eigenvalue weighted by molar-refractivity contribution is 5.80. The van der Waals surface area contributed by atoms with Crippen molar-refractivity contribution >= 4 is 5.91 Å². The van der Waals surface area contributed by atoms with Crippen molar-refractivity contribution in [2.75, 3.05) is 6.54 Å². The topological polar surface area (TPSA) is 38.3 Å². The summed E-state index contributed by atoms with van der Waals surface area (Å²) in [6.45, 7) is 1.61. The lowest BCUT2D eigenvalue weighted by Crippen LogP contribution is -2.36. The molecule has 130 valence electrons. The lowest BCUT2D eigenvalue weighted by Gasteiger charge is -2.13. The van der Waals surface area contributed by atoms with Gasteiger partial charge in [-0.15, -0.1) is 0 Å². The van der Waals surface area contributed by atoms with E-state index < -0.39 is 17.8 Å². The van der Waals surface area contributed by atoms with Crippen LogP contribution in [0.3, 0.4) is 0 Å². The van der Waals surface area contributed by atoms with Crippen LogP contribution in [0.2, 0.25) is 0 Å². The summed E-state index contributed by atoms with van der Waals surface area (Å²) < 4.78 is 43.3. The molecule has 0 saturated carbocycles. The highest BCUT2D eigenvalue weighted by Crippen LogP contribution is 2.29. The van der Waals surface area contributed by atoms with Crippen LogP contribution in [0.5, 0.6) is 5.75 Å². The number of hydrogen-bond acceptors (Lipinski definition) is 2. The molecule has 1 amide bonds. The summed E-state index contributed by atoms with van der Waals surface area (Å²) in [6, 6.07) is 13.6.